The predicted octanol–water partition coefficient (Wildman–Crippen LogP) is 1.99. The average Bonchev–Trinajstić information content (AvgIpc) is 3.38. The van der Waals surface area contributed by atoms with Crippen LogP contribution in [0.3, 0.4) is 0 Å². The summed E-state index contributed by atoms with van der Waals surface area (Å²) in [5, 5.41) is 23.8. The fourth-order valence-corrected chi connectivity index (χ4v) is 10.0. The lowest BCUT2D eigenvalue weighted by molar-refractivity contribution is -0.968. The molecule has 4 saturated heterocycles. The maximum atomic E-state index is 13.9. The van der Waals surface area contributed by atoms with Crippen LogP contribution in [0, 0.1) is 11.8 Å². The van der Waals surface area contributed by atoms with Crippen molar-refractivity contribution in [2.45, 2.75) is 61.1 Å². The van der Waals surface area contributed by atoms with Crippen LogP contribution in [0.4, 0.5) is 5.69 Å². The van der Waals surface area contributed by atoms with Crippen molar-refractivity contribution in [1.29, 1.82) is 0 Å². The fraction of sp³-hybridized carbons (Fsp3) is 0.567. The highest BCUT2D eigenvalue weighted by Crippen LogP contribution is 2.69. The Morgan fingerprint density at radius 2 is 1.92 bits per heavy atom. The molecule has 0 aromatic heterocycles. The van der Waals surface area contributed by atoms with Crippen LogP contribution in [-0.2, 0) is 21.5 Å². The Labute approximate surface area is 222 Å². The van der Waals surface area contributed by atoms with Crippen LogP contribution in [0.5, 0.6) is 11.5 Å². The van der Waals surface area contributed by atoms with E-state index in [1.165, 1.54) is 11.1 Å². The van der Waals surface area contributed by atoms with Gasteiger partial charge in [-0.05, 0) is 11.6 Å². The van der Waals surface area contributed by atoms with E-state index < -0.39 is 11.7 Å². The van der Waals surface area contributed by atoms with E-state index in [4.69, 9.17) is 14.2 Å². The molecule has 2 aromatic rings. The Morgan fingerprint density at radius 3 is 2.68 bits per heavy atom. The monoisotopic (exact) mass is 519 g/mol. The van der Waals surface area contributed by atoms with Crippen molar-refractivity contribution in [2.24, 2.45) is 11.8 Å². The van der Waals surface area contributed by atoms with Crippen LogP contribution in [0.15, 0.2) is 42.5 Å². The number of aliphatic hydroxyl groups is 2. The highest BCUT2D eigenvalue weighted by molar-refractivity contribution is 5.99. The number of fused-ring (bicyclic) bond motifs is 2. The second-order valence-electron chi connectivity index (χ2n) is 12.5. The van der Waals surface area contributed by atoms with Crippen LogP contribution in [0.2, 0.25) is 0 Å². The van der Waals surface area contributed by atoms with E-state index in [-0.39, 0.29) is 54.4 Å². The Hall–Kier alpha value is -2.65. The molecule has 8 heteroatoms. The van der Waals surface area contributed by atoms with Gasteiger partial charge in [-0.1, -0.05) is 30.3 Å². The van der Waals surface area contributed by atoms with Crippen molar-refractivity contribution in [3.63, 3.8) is 0 Å². The molecular formula is C30H35N2O6+. The van der Waals surface area contributed by atoms with Crippen molar-refractivity contribution in [2.75, 3.05) is 38.8 Å². The topological polar surface area (TPSA) is 88.5 Å². The van der Waals surface area contributed by atoms with E-state index in [9.17, 15) is 15.0 Å². The lowest BCUT2D eigenvalue weighted by atomic mass is 9.50. The molecular weight excluding hydrogens is 484 g/mol. The van der Waals surface area contributed by atoms with E-state index in [0.717, 1.165) is 31.6 Å². The maximum Gasteiger partial charge on any atom is 0.229 e. The molecule has 200 valence electrons. The molecule has 1 unspecified atom stereocenters. The van der Waals surface area contributed by atoms with E-state index >= 15 is 0 Å². The average molecular weight is 520 g/mol. The number of nitrogens with zero attached hydrogens (tertiary/aromatic N) is 2. The van der Waals surface area contributed by atoms with Crippen molar-refractivity contribution < 1.29 is 33.7 Å². The van der Waals surface area contributed by atoms with Gasteiger partial charge in [0.2, 0.25) is 5.91 Å². The van der Waals surface area contributed by atoms with Gasteiger partial charge in [-0.25, -0.2) is 0 Å². The minimum atomic E-state index is -1.27. The summed E-state index contributed by atoms with van der Waals surface area (Å²) in [6.07, 6.45) is 0.688. The summed E-state index contributed by atoms with van der Waals surface area (Å²) in [5.74, 6) is 1.16. The van der Waals surface area contributed by atoms with E-state index in [2.05, 4.69) is 30.3 Å². The van der Waals surface area contributed by atoms with Crippen molar-refractivity contribution in [3.8, 4) is 11.5 Å². The molecule has 2 bridgehead atoms. The Morgan fingerprint density at radius 1 is 1.16 bits per heavy atom. The highest BCUT2D eigenvalue weighted by atomic mass is 16.5. The third-order valence-corrected chi connectivity index (χ3v) is 11.3. The number of amides is 1. The number of ether oxygens (including phenoxy) is 3. The van der Waals surface area contributed by atoms with Gasteiger partial charge in [0.15, 0.2) is 11.5 Å². The largest absolute Gasteiger partial charge is 0.493 e. The molecule has 5 heterocycles. The molecule has 6 aliphatic rings. The number of anilines is 1. The van der Waals surface area contributed by atoms with Gasteiger partial charge >= 0.3 is 0 Å². The Kier molecular flexibility index (Phi) is 4.59. The molecule has 2 aromatic carbocycles. The number of carbonyl (C=O) groups excluding carboxylic acids is 1. The fourth-order valence-electron chi connectivity index (χ4n) is 10.0. The summed E-state index contributed by atoms with van der Waals surface area (Å²) in [6, 6.07) is 14.7. The van der Waals surface area contributed by atoms with Gasteiger partial charge in [0.25, 0.3) is 0 Å². The number of methoxy groups -OCH3 is 2. The van der Waals surface area contributed by atoms with Crippen LogP contribution < -0.4 is 14.4 Å². The highest BCUT2D eigenvalue weighted by Gasteiger charge is 2.80. The van der Waals surface area contributed by atoms with Crippen LogP contribution in [-0.4, -0.2) is 84.4 Å². The minimum absolute atomic E-state index is 0.0486. The number of aliphatic hydroxyl groups excluding tert-OH is 1. The van der Waals surface area contributed by atoms with Crippen molar-refractivity contribution in [1.82, 2.24) is 0 Å². The van der Waals surface area contributed by atoms with Crippen molar-refractivity contribution >= 4 is 11.6 Å². The number of benzene rings is 2. The number of hydrogen-bond donors (Lipinski definition) is 2. The first-order valence-electron chi connectivity index (χ1n) is 13.9. The smallest absolute Gasteiger partial charge is 0.229 e. The summed E-state index contributed by atoms with van der Waals surface area (Å²) in [6.45, 7) is 2.22. The third-order valence-electron chi connectivity index (χ3n) is 11.3. The molecule has 0 radical (unpaired) electrons. The maximum absolute atomic E-state index is 13.9. The molecule has 5 aliphatic heterocycles. The summed E-state index contributed by atoms with van der Waals surface area (Å²) < 4.78 is 18.5. The number of carbonyl (C=O) groups is 1. The van der Waals surface area contributed by atoms with E-state index in [1.807, 2.05) is 17.0 Å². The Bertz CT molecular complexity index is 1340. The second kappa shape index (κ2) is 7.50. The molecule has 5 fully saturated rings. The summed E-state index contributed by atoms with van der Waals surface area (Å²) in [4.78, 5) is 15.9. The van der Waals surface area contributed by atoms with Gasteiger partial charge in [0.05, 0.1) is 57.0 Å². The second-order valence-corrected chi connectivity index (χ2v) is 12.5. The summed E-state index contributed by atoms with van der Waals surface area (Å²) >= 11 is 0. The first kappa shape index (κ1) is 23.3. The normalized spacial score (nSPS) is 43.5. The van der Waals surface area contributed by atoms with Gasteiger partial charge in [-0.15, -0.1) is 0 Å². The summed E-state index contributed by atoms with van der Waals surface area (Å²) in [7, 11) is 3.29. The van der Waals surface area contributed by atoms with Crippen LogP contribution in [0.25, 0.3) is 0 Å². The van der Waals surface area contributed by atoms with Crippen LogP contribution in [0.1, 0.15) is 30.4 Å². The molecule has 1 amide bonds. The SMILES string of the molecule is COc1cc2c(cc1OC)[C@]13CC[N@@+]4(Cc5ccccc5)C[C@]5(O)[C@H](C[C@@H]14)[C@@H]1C3N2C(=O)C[C@@H]1OC[C@@H]5O. The van der Waals surface area contributed by atoms with Gasteiger partial charge < -0.3 is 33.8 Å². The zero-order valence-corrected chi connectivity index (χ0v) is 21.9. The molecule has 38 heavy (non-hydrogen) atoms. The van der Waals surface area contributed by atoms with Gasteiger partial charge in [0, 0.05) is 36.3 Å². The number of quaternary nitrogens is 1. The zero-order valence-electron chi connectivity index (χ0n) is 21.9. The van der Waals surface area contributed by atoms with Gasteiger partial charge in [-0.3, -0.25) is 4.79 Å². The van der Waals surface area contributed by atoms with Crippen LogP contribution >= 0.6 is 0 Å². The van der Waals surface area contributed by atoms with Gasteiger partial charge in [-0.2, -0.15) is 0 Å². The molecule has 8 nitrogen and oxygen atoms in total. The standard InChI is InChI=1S/C30H35N2O6/c1-36-21-10-18-20(12-22(21)37-2)31-26(34)13-23-27-19-11-24-29(18,28(27)31)8-9-32(24,14-17-6-4-3-5-7-17)16-30(19,35)25(33)15-38-23/h3-7,10,12,19,23-25,27-28,33,35H,8-9,11,13-16H2,1-2H3/q+1/t19-,23+,24+,25+,27+,28?,29-,30+,32-/m1/s1. The molecule has 2 N–H and O–H groups in total. The predicted molar refractivity (Wildman–Crippen MR) is 138 cm³/mol. The minimum Gasteiger partial charge on any atom is -0.493 e. The molecule has 1 saturated carbocycles. The first-order valence-corrected chi connectivity index (χ1v) is 13.9. The number of piperidine rings is 2. The summed E-state index contributed by atoms with van der Waals surface area (Å²) in [5.41, 5.74) is 1.77. The molecule has 8 rings (SSSR count). The number of rotatable bonds is 4. The first-order chi connectivity index (χ1) is 18.4. The Balaban J connectivity index is 1.39. The molecule has 1 spiro atoms. The number of hydrogen-bond acceptors (Lipinski definition) is 6. The van der Waals surface area contributed by atoms with Crippen molar-refractivity contribution in [3.05, 3.63) is 53.6 Å². The van der Waals surface area contributed by atoms with E-state index in [1.54, 1.807) is 14.2 Å². The zero-order chi connectivity index (χ0) is 26.0. The quantitative estimate of drug-likeness (QED) is 0.601. The third kappa shape index (κ3) is 2.58. The lowest BCUT2D eigenvalue weighted by Crippen LogP contribution is -2.79. The molecule has 9 atom stereocenters. The lowest BCUT2D eigenvalue weighted by Gasteiger charge is -2.63. The van der Waals surface area contributed by atoms with Gasteiger partial charge in [0.1, 0.15) is 30.8 Å². The molecule has 1 aliphatic carbocycles. The van der Waals surface area contributed by atoms with E-state index in [0.29, 0.717) is 22.5 Å².